The largest absolute Gasteiger partial charge is 0.548 e. The molecule has 1 aliphatic heterocycles. The fraction of sp³-hybridized carbons (Fsp3) is 0.800. The Balaban J connectivity index is 2.68. The molecule has 6 nitrogen and oxygen atoms in total. The summed E-state index contributed by atoms with van der Waals surface area (Å²) in [5, 5.41) is 13.7. The number of piperazine rings is 1. The molecule has 6 heteroatoms. The van der Waals surface area contributed by atoms with Crippen molar-refractivity contribution in [3.63, 3.8) is 0 Å². The normalized spacial score (nSPS) is 21.7. The predicted octanol–water partition coefficient (Wildman–Crippen LogP) is -1.05. The van der Waals surface area contributed by atoms with Crippen molar-refractivity contribution in [2.45, 2.75) is 32.4 Å². The number of hydrogen-bond donors (Lipinski definition) is 1. The number of carboxylic acids is 1. The lowest BCUT2D eigenvalue weighted by Crippen LogP contribution is -2.61. The molecule has 0 aromatic carbocycles. The van der Waals surface area contributed by atoms with Crippen LogP contribution in [-0.4, -0.2) is 48.2 Å². The molecule has 0 saturated carbocycles. The van der Waals surface area contributed by atoms with Crippen molar-refractivity contribution < 1.29 is 19.4 Å². The van der Waals surface area contributed by atoms with Gasteiger partial charge in [-0.25, -0.2) is 4.79 Å². The van der Waals surface area contributed by atoms with Gasteiger partial charge in [0.05, 0.1) is 12.0 Å². The Morgan fingerprint density at radius 2 is 2.06 bits per heavy atom. The van der Waals surface area contributed by atoms with E-state index in [1.54, 1.807) is 20.8 Å². The zero-order chi connectivity index (χ0) is 12.3. The van der Waals surface area contributed by atoms with Gasteiger partial charge in [0.15, 0.2) is 0 Å². The molecule has 1 unspecified atom stereocenters. The fourth-order valence-electron chi connectivity index (χ4n) is 1.45. The SMILES string of the molecule is CC(C)(C)OC(=O)N1CCNCC1C(=O)[O-]. The number of ether oxygens (including phenoxy) is 1. The quantitative estimate of drug-likeness (QED) is 0.620. The molecule has 1 heterocycles. The number of hydrogen-bond acceptors (Lipinski definition) is 5. The summed E-state index contributed by atoms with van der Waals surface area (Å²) in [6.45, 7) is 6.28. The average Bonchev–Trinajstić information content (AvgIpc) is 2.15. The van der Waals surface area contributed by atoms with Crippen LogP contribution in [0.2, 0.25) is 0 Å². The molecule has 0 aliphatic carbocycles. The topological polar surface area (TPSA) is 81.7 Å². The highest BCUT2D eigenvalue weighted by Crippen LogP contribution is 2.12. The highest BCUT2D eigenvalue weighted by Gasteiger charge is 2.30. The third-order valence-electron chi connectivity index (χ3n) is 2.14. The number of amides is 1. The van der Waals surface area contributed by atoms with E-state index in [4.69, 9.17) is 4.74 Å². The molecule has 1 N–H and O–H groups in total. The van der Waals surface area contributed by atoms with Gasteiger partial charge in [0.2, 0.25) is 0 Å². The van der Waals surface area contributed by atoms with Gasteiger partial charge in [-0.3, -0.25) is 4.90 Å². The Hall–Kier alpha value is -1.30. The van der Waals surface area contributed by atoms with Gasteiger partial charge in [-0.15, -0.1) is 0 Å². The number of nitrogens with one attached hydrogen (secondary N) is 1. The van der Waals surface area contributed by atoms with E-state index in [0.29, 0.717) is 13.1 Å². The summed E-state index contributed by atoms with van der Waals surface area (Å²) < 4.78 is 5.13. The summed E-state index contributed by atoms with van der Waals surface area (Å²) >= 11 is 0. The second-order valence-corrected chi connectivity index (χ2v) is 4.71. The molecule has 92 valence electrons. The third kappa shape index (κ3) is 3.37. The second kappa shape index (κ2) is 4.69. The molecule has 0 radical (unpaired) electrons. The molecule has 1 rings (SSSR count). The molecular formula is C10H17N2O4-. The lowest BCUT2D eigenvalue weighted by Gasteiger charge is -2.37. The third-order valence-corrected chi connectivity index (χ3v) is 2.14. The monoisotopic (exact) mass is 229 g/mol. The van der Waals surface area contributed by atoms with Gasteiger partial charge >= 0.3 is 6.09 Å². The van der Waals surface area contributed by atoms with E-state index in [1.807, 2.05) is 0 Å². The minimum atomic E-state index is -1.27. The fourth-order valence-corrected chi connectivity index (χ4v) is 1.45. The average molecular weight is 229 g/mol. The first-order valence-corrected chi connectivity index (χ1v) is 5.22. The molecule has 0 aromatic heterocycles. The van der Waals surface area contributed by atoms with E-state index in [0.717, 1.165) is 0 Å². The van der Waals surface area contributed by atoms with Crippen LogP contribution in [0.4, 0.5) is 4.79 Å². The van der Waals surface area contributed by atoms with E-state index in [2.05, 4.69) is 5.32 Å². The van der Waals surface area contributed by atoms with Crippen LogP contribution >= 0.6 is 0 Å². The number of nitrogens with zero attached hydrogens (tertiary/aromatic N) is 1. The Bertz CT molecular complexity index is 285. The number of aliphatic carboxylic acids is 1. The smallest absolute Gasteiger partial charge is 0.410 e. The first kappa shape index (κ1) is 12.8. The minimum Gasteiger partial charge on any atom is -0.548 e. The van der Waals surface area contributed by atoms with Gasteiger partial charge in [-0.2, -0.15) is 0 Å². The highest BCUT2D eigenvalue weighted by atomic mass is 16.6. The molecule has 0 bridgehead atoms. The van der Waals surface area contributed by atoms with Crippen LogP contribution in [0.5, 0.6) is 0 Å². The molecule has 1 atom stereocenters. The number of rotatable bonds is 1. The van der Waals surface area contributed by atoms with Gasteiger partial charge in [0, 0.05) is 19.6 Å². The molecular weight excluding hydrogens is 212 g/mol. The van der Waals surface area contributed by atoms with Crippen LogP contribution in [0.25, 0.3) is 0 Å². The van der Waals surface area contributed by atoms with E-state index in [1.165, 1.54) is 4.90 Å². The van der Waals surface area contributed by atoms with Gasteiger partial charge < -0.3 is 20.0 Å². The molecule has 1 amide bonds. The van der Waals surface area contributed by atoms with Crippen LogP contribution in [0.1, 0.15) is 20.8 Å². The van der Waals surface area contributed by atoms with Crippen molar-refractivity contribution >= 4 is 12.1 Å². The maximum atomic E-state index is 11.7. The van der Waals surface area contributed by atoms with Crippen molar-refractivity contribution in [1.82, 2.24) is 10.2 Å². The zero-order valence-electron chi connectivity index (χ0n) is 9.78. The summed E-state index contributed by atoms with van der Waals surface area (Å²) in [4.78, 5) is 23.7. The van der Waals surface area contributed by atoms with Gasteiger partial charge in [-0.05, 0) is 20.8 Å². The van der Waals surface area contributed by atoms with Crippen LogP contribution in [-0.2, 0) is 9.53 Å². The minimum absolute atomic E-state index is 0.196. The second-order valence-electron chi connectivity index (χ2n) is 4.71. The van der Waals surface area contributed by atoms with Gasteiger partial charge in [0.1, 0.15) is 5.60 Å². The Morgan fingerprint density at radius 1 is 1.44 bits per heavy atom. The summed E-state index contributed by atoms with van der Waals surface area (Å²) in [6, 6.07) is -0.955. The maximum Gasteiger partial charge on any atom is 0.410 e. The van der Waals surface area contributed by atoms with Crippen molar-refractivity contribution in [1.29, 1.82) is 0 Å². The van der Waals surface area contributed by atoms with Crippen LogP contribution in [0, 0.1) is 0 Å². The van der Waals surface area contributed by atoms with E-state index >= 15 is 0 Å². The highest BCUT2D eigenvalue weighted by molar-refractivity contribution is 5.79. The molecule has 16 heavy (non-hydrogen) atoms. The van der Waals surface area contributed by atoms with E-state index < -0.39 is 23.7 Å². The Morgan fingerprint density at radius 3 is 2.56 bits per heavy atom. The van der Waals surface area contributed by atoms with Crippen LogP contribution in [0.3, 0.4) is 0 Å². The van der Waals surface area contributed by atoms with Crippen molar-refractivity contribution in [2.75, 3.05) is 19.6 Å². The van der Waals surface area contributed by atoms with Crippen LogP contribution < -0.4 is 10.4 Å². The van der Waals surface area contributed by atoms with Gasteiger partial charge in [0.25, 0.3) is 0 Å². The van der Waals surface area contributed by atoms with Crippen molar-refractivity contribution in [3.8, 4) is 0 Å². The lowest BCUT2D eigenvalue weighted by molar-refractivity contribution is -0.311. The Labute approximate surface area is 94.6 Å². The lowest BCUT2D eigenvalue weighted by atomic mass is 10.2. The predicted molar refractivity (Wildman–Crippen MR) is 54.6 cm³/mol. The number of carbonyl (C=O) groups excluding carboxylic acids is 2. The summed E-state index contributed by atoms with van der Waals surface area (Å²) in [5.74, 6) is -1.27. The van der Waals surface area contributed by atoms with Crippen LogP contribution in [0.15, 0.2) is 0 Å². The van der Waals surface area contributed by atoms with Crippen molar-refractivity contribution in [3.05, 3.63) is 0 Å². The molecule has 1 saturated heterocycles. The maximum absolute atomic E-state index is 11.7. The zero-order valence-corrected chi connectivity index (χ0v) is 9.78. The van der Waals surface area contributed by atoms with E-state index in [9.17, 15) is 14.7 Å². The number of carboxylic acid groups (broad SMARTS) is 1. The standard InChI is InChI=1S/C10H18N2O4/c1-10(2,3)16-9(15)12-5-4-11-6-7(12)8(13)14/h7,11H,4-6H2,1-3H3,(H,13,14)/p-1. The molecule has 0 aromatic rings. The first-order chi connectivity index (χ1) is 7.31. The van der Waals surface area contributed by atoms with Crippen molar-refractivity contribution in [2.24, 2.45) is 0 Å². The number of carbonyl (C=O) groups is 2. The molecule has 1 fully saturated rings. The van der Waals surface area contributed by atoms with E-state index in [-0.39, 0.29) is 6.54 Å². The summed E-state index contributed by atoms with van der Waals surface area (Å²) in [5.41, 5.74) is -0.627. The molecule has 0 spiro atoms. The first-order valence-electron chi connectivity index (χ1n) is 5.22. The van der Waals surface area contributed by atoms with Gasteiger partial charge in [-0.1, -0.05) is 0 Å². The summed E-state index contributed by atoms with van der Waals surface area (Å²) in [7, 11) is 0. The molecule has 1 aliphatic rings. The summed E-state index contributed by atoms with van der Waals surface area (Å²) in [6.07, 6.45) is -0.608. The Kier molecular flexibility index (Phi) is 3.74.